The SMILES string of the molecule is O=S(=O)(Nc1ccccc1I)c1ccc(Br)s1. The second-order valence-electron chi connectivity index (χ2n) is 3.14. The number of para-hydroxylation sites is 1. The van der Waals surface area contributed by atoms with Gasteiger partial charge >= 0.3 is 0 Å². The number of thiophene rings is 1. The Morgan fingerprint density at radius 1 is 1.18 bits per heavy atom. The van der Waals surface area contributed by atoms with Crippen LogP contribution in [0.3, 0.4) is 0 Å². The van der Waals surface area contributed by atoms with Crippen LogP contribution in [0, 0.1) is 3.57 Å². The summed E-state index contributed by atoms with van der Waals surface area (Å²) in [5.74, 6) is 0. The number of rotatable bonds is 3. The van der Waals surface area contributed by atoms with E-state index in [4.69, 9.17) is 0 Å². The van der Waals surface area contributed by atoms with Crippen LogP contribution < -0.4 is 4.72 Å². The third kappa shape index (κ3) is 3.21. The zero-order chi connectivity index (χ0) is 12.5. The first kappa shape index (κ1) is 13.3. The van der Waals surface area contributed by atoms with E-state index in [0.29, 0.717) is 9.90 Å². The predicted octanol–water partition coefficient (Wildman–Crippen LogP) is 3.92. The van der Waals surface area contributed by atoms with Crippen LogP contribution in [-0.2, 0) is 10.0 Å². The first-order valence-corrected chi connectivity index (χ1v) is 8.69. The van der Waals surface area contributed by atoms with Crippen molar-refractivity contribution < 1.29 is 8.42 Å². The molecule has 0 saturated carbocycles. The van der Waals surface area contributed by atoms with Gasteiger partial charge in [-0.3, -0.25) is 4.72 Å². The van der Waals surface area contributed by atoms with E-state index in [1.165, 1.54) is 11.3 Å². The minimum absolute atomic E-state index is 0.295. The van der Waals surface area contributed by atoms with Gasteiger partial charge in [0.1, 0.15) is 4.21 Å². The highest BCUT2D eigenvalue weighted by molar-refractivity contribution is 14.1. The maximum atomic E-state index is 12.0. The lowest BCUT2D eigenvalue weighted by atomic mass is 10.3. The minimum atomic E-state index is -3.48. The number of halogens is 2. The molecule has 7 heteroatoms. The van der Waals surface area contributed by atoms with Gasteiger partial charge in [-0.05, 0) is 62.8 Å². The van der Waals surface area contributed by atoms with E-state index in [2.05, 4.69) is 43.2 Å². The average molecular weight is 444 g/mol. The van der Waals surface area contributed by atoms with Crippen LogP contribution in [-0.4, -0.2) is 8.42 Å². The monoisotopic (exact) mass is 443 g/mol. The third-order valence-electron chi connectivity index (χ3n) is 1.93. The van der Waals surface area contributed by atoms with Crippen LogP contribution in [0.1, 0.15) is 0 Å². The molecule has 0 radical (unpaired) electrons. The van der Waals surface area contributed by atoms with Gasteiger partial charge in [-0.2, -0.15) is 0 Å². The topological polar surface area (TPSA) is 46.2 Å². The third-order valence-corrected chi connectivity index (χ3v) is 6.35. The molecule has 2 rings (SSSR count). The van der Waals surface area contributed by atoms with Gasteiger partial charge in [-0.1, -0.05) is 12.1 Å². The molecule has 1 aromatic heterocycles. The number of anilines is 1. The van der Waals surface area contributed by atoms with Crippen LogP contribution in [0.2, 0.25) is 0 Å². The Bertz CT molecular complexity index is 639. The summed E-state index contributed by atoms with van der Waals surface area (Å²) in [6.45, 7) is 0. The zero-order valence-corrected chi connectivity index (χ0v) is 13.7. The van der Waals surface area contributed by atoms with Gasteiger partial charge < -0.3 is 0 Å². The van der Waals surface area contributed by atoms with E-state index in [9.17, 15) is 8.42 Å². The summed E-state index contributed by atoms with van der Waals surface area (Å²) in [5, 5.41) is 0. The average Bonchev–Trinajstić information content (AvgIpc) is 2.69. The van der Waals surface area contributed by atoms with Gasteiger partial charge in [-0.25, -0.2) is 8.42 Å². The van der Waals surface area contributed by atoms with Crippen molar-refractivity contribution >= 4 is 65.6 Å². The van der Waals surface area contributed by atoms with Crippen LogP contribution in [0.25, 0.3) is 0 Å². The summed E-state index contributed by atoms with van der Waals surface area (Å²) in [7, 11) is -3.48. The van der Waals surface area contributed by atoms with Crippen LogP contribution >= 0.6 is 49.9 Å². The predicted molar refractivity (Wildman–Crippen MR) is 82.0 cm³/mol. The Morgan fingerprint density at radius 3 is 2.47 bits per heavy atom. The summed E-state index contributed by atoms with van der Waals surface area (Å²) >= 11 is 6.53. The highest BCUT2D eigenvalue weighted by atomic mass is 127. The molecule has 1 heterocycles. The number of hydrogen-bond donors (Lipinski definition) is 1. The van der Waals surface area contributed by atoms with E-state index >= 15 is 0 Å². The fraction of sp³-hybridized carbons (Fsp3) is 0. The van der Waals surface area contributed by atoms with Gasteiger partial charge in [0, 0.05) is 3.57 Å². The van der Waals surface area contributed by atoms with Gasteiger partial charge in [0.2, 0.25) is 0 Å². The second kappa shape index (κ2) is 5.25. The van der Waals surface area contributed by atoms with Crippen LogP contribution in [0.5, 0.6) is 0 Å². The number of benzene rings is 1. The summed E-state index contributed by atoms with van der Waals surface area (Å²) in [6, 6.07) is 10.5. The summed E-state index contributed by atoms with van der Waals surface area (Å²) < 4.78 is 28.6. The highest BCUT2D eigenvalue weighted by Gasteiger charge is 2.17. The number of hydrogen-bond acceptors (Lipinski definition) is 3. The summed E-state index contributed by atoms with van der Waals surface area (Å²) in [5.41, 5.74) is 0.595. The Labute approximate surface area is 126 Å². The van der Waals surface area contributed by atoms with E-state index < -0.39 is 10.0 Å². The Kier molecular flexibility index (Phi) is 4.11. The largest absolute Gasteiger partial charge is 0.278 e. The molecule has 0 atom stereocenters. The molecule has 0 aliphatic carbocycles. The Morgan fingerprint density at radius 2 is 1.88 bits per heavy atom. The summed E-state index contributed by atoms with van der Waals surface area (Å²) in [6.07, 6.45) is 0. The number of sulfonamides is 1. The molecule has 90 valence electrons. The molecular weight excluding hydrogens is 437 g/mol. The van der Waals surface area contributed by atoms with Gasteiger partial charge in [-0.15, -0.1) is 11.3 Å². The van der Waals surface area contributed by atoms with Crippen LogP contribution in [0.4, 0.5) is 5.69 Å². The highest BCUT2D eigenvalue weighted by Crippen LogP contribution is 2.28. The quantitative estimate of drug-likeness (QED) is 0.731. The lowest BCUT2D eigenvalue weighted by molar-refractivity contribution is 0.603. The molecule has 0 bridgehead atoms. The molecule has 3 nitrogen and oxygen atoms in total. The van der Waals surface area contributed by atoms with E-state index in [0.717, 1.165) is 7.36 Å². The lowest BCUT2D eigenvalue weighted by Crippen LogP contribution is -2.12. The molecule has 0 saturated heterocycles. The molecule has 0 unspecified atom stereocenters. The molecule has 0 amide bonds. The minimum Gasteiger partial charge on any atom is -0.278 e. The fourth-order valence-corrected chi connectivity index (χ4v) is 4.98. The van der Waals surface area contributed by atoms with E-state index in [-0.39, 0.29) is 0 Å². The van der Waals surface area contributed by atoms with Crippen molar-refractivity contribution in [3.05, 3.63) is 43.8 Å². The second-order valence-corrected chi connectivity index (χ2v) is 8.68. The van der Waals surface area contributed by atoms with Crippen molar-refractivity contribution in [2.75, 3.05) is 4.72 Å². The zero-order valence-electron chi connectivity index (χ0n) is 8.35. The molecule has 0 aliphatic heterocycles. The smallest absolute Gasteiger partial charge is 0.271 e. The molecule has 1 N–H and O–H groups in total. The van der Waals surface area contributed by atoms with Crippen molar-refractivity contribution in [1.82, 2.24) is 0 Å². The van der Waals surface area contributed by atoms with Crippen molar-refractivity contribution in [1.29, 1.82) is 0 Å². The standard InChI is InChI=1S/C10H7BrINO2S2/c11-9-5-6-10(16-9)17(14,15)13-8-4-2-1-3-7(8)12/h1-6,13H. The van der Waals surface area contributed by atoms with Crippen LogP contribution in [0.15, 0.2) is 44.4 Å². The summed E-state index contributed by atoms with van der Waals surface area (Å²) in [4.78, 5) is 0. The van der Waals surface area contributed by atoms with E-state index in [1.807, 2.05) is 12.1 Å². The maximum absolute atomic E-state index is 12.0. The van der Waals surface area contributed by atoms with Gasteiger partial charge in [0.25, 0.3) is 10.0 Å². The molecule has 0 aliphatic rings. The van der Waals surface area contributed by atoms with E-state index in [1.54, 1.807) is 24.3 Å². The molecule has 0 spiro atoms. The van der Waals surface area contributed by atoms with Crippen molar-refractivity contribution in [2.45, 2.75) is 4.21 Å². The molecule has 0 fully saturated rings. The lowest BCUT2D eigenvalue weighted by Gasteiger charge is -2.07. The first-order chi connectivity index (χ1) is 7.99. The fourth-order valence-electron chi connectivity index (χ4n) is 1.18. The van der Waals surface area contributed by atoms with Crippen molar-refractivity contribution in [3.63, 3.8) is 0 Å². The maximum Gasteiger partial charge on any atom is 0.271 e. The Hall–Kier alpha value is -0.120. The van der Waals surface area contributed by atoms with Gasteiger partial charge in [0.15, 0.2) is 0 Å². The Balaban J connectivity index is 2.33. The molecule has 1 aromatic carbocycles. The molecule has 2 aromatic rings. The molecular formula is C10H7BrINO2S2. The van der Waals surface area contributed by atoms with Crippen molar-refractivity contribution in [2.24, 2.45) is 0 Å². The van der Waals surface area contributed by atoms with Crippen molar-refractivity contribution in [3.8, 4) is 0 Å². The van der Waals surface area contributed by atoms with Gasteiger partial charge in [0.05, 0.1) is 9.47 Å². The number of nitrogens with one attached hydrogen (secondary N) is 1. The molecule has 17 heavy (non-hydrogen) atoms. The first-order valence-electron chi connectivity index (χ1n) is 4.52. The normalized spacial score (nSPS) is 11.4.